The Bertz CT molecular complexity index is 337. The van der Waals surface area contributed by atoms with Gasteiger partial charge in [-0.05, 0) is 47.7 Å². The molecule has 124 valence electrons. The summed E-state index contributed by atoms with van der Waals surface area (Å²) in [4.78, 5) is 17.1. The largest absolute Gasteiger partial charge is 0.465 e. The van der Waals surface area contributed by atoms with Crippen LogP contribution in [0.2, 0.25) is 0 Å². The molecule has 5 heteroatoms. The molecular formula is C16H33N3O2. The van der Waals surface area contributed by atoms with E-state index in [-0.39, 0.29) is 5.97 Å². The van der Waals surface area contributed by atoms with Gasteiger partial charge in [0, 0.05) is 31.7 Å². The van der Waals surface area contributed by atoms with Gasteiger partial charge in [-0.15, -0.1) is 0 Å². The van der Waals surface area contributed by atoms with Gasteiger partial charge in [0.15, 0.2) is 0 Å². The lowest BCUT2D eigenvalue weighted by atomic mass is 9.92. The van der Waals surface area contributed by atoms with Crippen LogP contribution in [0.5, 0.6) is 0 Å². The summed E-state index contributed by atoms with van der Waals surface area (Å²) < 4.78 is 5.22. The Morgan fingerprint density at radius 3 is 2.62 bits per heavy atom. The summed E-state index contributed by atoms with van der Waals surface area (Å²) >= 11 is 0. The standard InChI is InChI=1S/C16H33N3O2/c1-7-14-12-19(10-9-18(14)6)13(3)11-16(4,17-5)15(20)21-8-2/h13-14,17H,7-12H2,1-6H3. The van der Waals surface area contributed by atoms with Gasteiger partial charge >= 0.3 is 5.97 Å². The number of nitrogens with one attached hydrogen (secondary N) is 1. The number of nitrogens with zero attached hydrogens (tertiary/aromatic N) is 2. The number of carbonyl (C=O) groups is 1. The van der Waals surface area contributed by atoms with E-state index >= 15 is 0 Å². The van der Waals surface area contributed by atoms with E-state index < -0.39 is 5.54 Å². The molecule has 1 heterocycles. The molecule has 0 aromatic rings. The van der Waals surface area contributed by atoms with E-state index in [1.165, 1.54) is 6.42 Å². The van der Waals surface area contributed by atoms with Crippen LogP contribution in [-0.4, -0.2) is 73.7 Å². The van der Waals surface area contributed by atoms with E-state index in [0.717, 1.165) is 26.1 Å². The van der Waals surface area contributed by atoms with Crippen molar-refractivity contribution < 1.29 is 9.53 Å². The Kier molecular flexibility index (Phi) is 7.10. The van der Waals surface area contributed by atoms with Crippen molar-refractivity contribution in [3.8, 4) is 0 Å². The van der Waals surface area contributed by atoms with Crippen LogP contribution in [0.3, 0.4) is 0 Å². The summed E-state index contributed by atoms with van der Waals surface area (Å²) in [7, 11) is 4.04. The average Bonchev–Trinajstić information content (AvgIpc) is 2.47. The molecule has 1 aliphatic rings. The SMILES string of the molecule is CCOC(=O)C(C)(CC(C)N1CCN(C)C(CC)C1)NC. The number of rotatable bonds is 7. The van der Waals surface area contributed by atoms with Crippen molar-refractivity contribution in [3.05, 3.63) is 0 Å². The van der Waals surface area contributed by atoms with Gasteiger partial charge in [-0.3, -0.25) is 9.69 Å². The van der Waals surface area contributed by atoms with Gasteiger partial charge in [-0.25, -0.2) is 0 Å². The van der Waals surface area contributed by atoms with Gasteiger partial charge in [-0.1, -0.05) is 6.92 Å². The maximum absolute atomic E-state index is 12.2. The number of likely N-dealkylation sites (N-methyl/N-ethyl adjacent to an activating group) is 2. The molecule has 1 rings (SSSR count). The number of piperazine rings is 1. The molecule has 1 aliphatic heterocycles. The second kappa shape index (κ2) is 8.11. The van der Waals surface area contributed by atoms with Crippen LogP contribution in [0.4, 0.5) is 0 Å². The lowest BCUT2D eigenvalue weighted by Gasteiger charge is -2.43. The molecule has 3 atom stereocenters. The van der Waals surface area contributed by atoms with E-state index in [2.05, 4.69) is 36.0 Å². The number of ether oxygens (including phenoxy) is 1. The van der Waals surface area contributed by atoms with Crippen LogP contribution < -0.4 is 5.32 Å². The maximum Gasteiger partial charge on any atom is 0.326 e. The highest BCUT2D eigenvalue weighted by Gasteiger charge is 2.37. The lowest BCUT2D eigenvalue weighted by Crippen LogP contribution is -2.57. The van der Waals surface area contributed by atoms with E-state index in [4.69, 9.17) is 4.74 Å². The maximum atomic E-state index is 12.2. The lowest BCUT2D eigenvalue weighted by molar-refractivity contribution is -0.151. The molecule has 0 radical (unpaired) electrons. The summed E-state index contributed by atoms with van der Waals surface area (Å²) in [6.07, 6.45) is 1.93. The zero-order valence-electron chi connectivity index (χ0n) is 14.6. The van der Waals surface area contributed by atoms with E-state index in [9.17, 15) is 4.79 Å². The molecule has 0 spiro atoms. The van der Waals surface area contributed by atoms with Crippen molar-refractivity contribution >= 4 is 5.97 Å². The molecule has 0 bridgehead atoms. The van der Waals surface area contributed by atoms with E-state index in [1.54, 1.807) is 0 Å². The highest BCUT2D eigenvalue weighted by Crippen LogP contribution is 2.21. The molecule has 1 saturated heterocycles. The molecule has 1 N–H and O–H groups in total. The van der Waals surface area contributed by atoms with Gasteiger partial charge in [0.1, 0.15) is 5.54 Å². The van der Waals surface area contributed by atoms with Crippen LogP contribution >= 0.6 is 0 Å². The minimum atomic E-state index is -0.611. The number of hydrogen-bond acceptors (Lipinski definition) is 5. The summed E-state index contributed by atoms with van der Waals surface area (Å²) in [5, 5.41) is 3.16. The van der Waals surface area contributed by atoms with E-state index in [1.807, 2.05) is 20.9 Å². The summed E-state index contributed by atoms with van der Waals surface area (Å²) in [5.74, 6) is -0.152. The molecular weight excluding hydrogens is 266 g/mol. The Morgan fingerprint density at radius 1 is 1.43 bits per heavy atom. The van der Waals surface area contributed by atoms with Crippen molar-refractivity contribution in [1.29, 1.82) is 0 Å². The van der Waals surface area contributed by atoms with E-state index in [0.29, 0.717) is 18.7 Å². The highest BCUT2D eigenvalue weighted by molar-refractivity contribution is 5.80. The molecule has 0 aliphatic carbocycles. The monoisotopic (exact) mass is 299 g/mol. The zero-order valence-corrected chi connectivity index (χ0v) is 14.6. The van der Waals surface area contributed by atoms with Crippen molar-refractivity contribution in [2.45, 2.75) is 58.2 Å². The third kappa shape index (κ3) is 4.66. The predicted octanol–water partition coefficient (Wildman–Crippen LogP) is 1.33. The van der Waals surface area contributed by atoms with Crippen LogP contribution in [0.15, 0.2) is 0 Å². The second-order valence-corrected chi connectivity index (χ2v) is 6.39. The van der Waals surface area contributed by atoms with Crippen molar-refractivity contribution in [2.24, 2.45) is 0 Å². The van der Waals surface area contributed by atoms with Crippen molar-refractivity contribution in [3.63, 3.8) is 0 Å². The molecule has 3 unspecified atom stereocenters. The molecule has 0 aromatic heterocycles. The topological polar surface area (TPSA) is 44.8 Å². The average molecular weight is 299 g/mol. The Hall–Kier alpha value is -0.650. The normalized spacial score (nSPS) is 25.3. The van der Waals surface area contributed by atoms with Crippen LogP contribution in [-0.2, 0) is 9.53 Å². The molecule has 21 heavy (non-hydrogen) atoms. The zero-order chi connectivity index (χ0) is 16.0. The van der Waals surface area contributed by atoms with Gasteiger partial charge in [-0.2, -0.15) is 0 Å². The van der Waals surface area contributed by atoms with Crippen LogP contribution in [0.25, 0.3) is 0 Å². The third-order valence-electron chi connectivity index (χ3n) is 4.88. The number of esters is 1. The van der Waals surface area contributed by atoms with Gasteiger partial charge < -0.3 is 15.0 Å². The Morgan fingerprint density at radius 2 is 2.10 bits per heavy atom. The fourth-order valence-electron chi connectivity index (χ4n) is 3.11. The first-order chi connectivity index (χ1) is 9.87. The Labute approximate surface area is 130 Å². The number of carbonyl (C=O) groups excluding carboxylic acids is 1. The Balaban J connectivity index is 2.65. The quantitative estimate of drug-likeness (QED) is 0.719. The molecule has 0 saturated carbocycles. The highest BCUT2D eigenvalue weighted by atomic mass is 16.5. The summed E-state index contributed by atoms with van der Waals surface area (Å²) in [5.41, 5.74) is -0.611. The molecule has 0 aromatic carbocycles. The molecule has 1 fully saturated rings. The fraction of sp³-hybridized carbons (Fsp3) is 0.938. The van der Waals surface area contributed by atoms with Crippen molar-refractivity contribution in [2.75, 3.05) is 40.3 Å². The summed E-state index contributed by atoms with van der Waals surface area (Å²) in [6, 6.07) is 0.972. The predicted molar refractivity (Wildman–Crippen MR) is 86.5 cm³/mol. The number of hydrogen-bond donors (Lipinski definition) is 1. The first-order valence-electron chi connectivity index (χ1n) is 8.18. The van der Waals surface area contributed by atoms with Crippen LogP contribution in [0.1, 0.15) is 40.5 Å². The van der Waals surface area contributed by atoms with Gasteiger partial charge in [0.25, 0.3) is 0 Å². The second-order valence-electron chi connectivity index (χ2n) is 6.39. The molecule has 5 nitrogen and oxygen atoms in total. The van der Waals surface area contributed by atoms with Gasteiger partial charge in [0.05, 0.1) is 6.61 Å². The summed E-state index contributed by atoms with van der Waals surface area (Å²) in [6.45, 7) is 11.9. The first kappa shape index (κ1) is 18.4. The molecule has 0 amide bonds. The third-order valence-corrected chi connectivity index (χ3v) is 4.88. The van der Waals surface area contributed by atoms with Crippen LogP contribution in [0, 0.1) is 0 Å². The first-order valence-corrected chi connectivity index (χ1v) is 8.18. The minimum Gasteiger partial charge on any atom is -0.465 e. The van der Waals surface area contributed by atoms with Gasteiger partial charge in [0.2, 0.25) is 0 Å². The minimum absolute atomic E-state index is 0.152. The van der Waals surface area contributed by atoms with Crippen molar-refractivity contribution in [1.82, 2.24) is 15.1 Å². The fourth-order valence-corrected chi connectivity index (χ4v) is 3.11. The smallest absolute Gasteiger partial charge is 0.326 e.